The minimum Gasteiger partial charge on any atom is -0.352 e. The van der Waals surface area contributed by atoms with Gasteiger partial charge in [0.25, 0.3) is 5.91 Å². The van der Waals surface area contributed by atoms with Crippen LogP contribution in [0.4, 0.5) is 0 Å². The third-order valence-electron chi connectivity index (χ3n) is 3.11. The number of aryl methyl sites for hydroxylation is 1. The molecule has 20 heavy (non-hydrogen) atoms. The van der Waals surface area contributed by atoms with Gasteiger partial charge in [0.05, 0.1) is 17.4 Å². The number of rotatable bonds is 5. The number of aromatic amines is 2. The van der Waals surface area contributed by atoms with Crippen LogP contribution < -0.4 is 5.32 Å². The summed E-state index contributed by atoms with van der Waals surface area (Å²) in [6, 6.07) is 5.43. The van der Waals surface area contributed by atoms with Crippen molar-refractivity contribution in [3.8, 4) is 0 Å². The van der Waals surface area contributed by atoms with Gasteiger partial charge in [0.15, 0.2) is 0 Å². The Kier molecular flexibility index (Phi) is 3.45. The lowest BCUT2D eigenvalue weighted by atomic mass is 10.2. The normalized spacial score (nSPS) is 10.8. The van der Waals surface area contributed by atoms with E-state index in [4.69, 9.17) is 0 Å². The zero-order valence-corrected chi connectivity index (χ0v) is 10.9. The number of benzene rings is 1. The Hall–Kier alpha value is -2.63. The standard InChI is InChI=1S/C14H15N5O/c20-14(17-5-1-2-13-15-6-7-16-13)10-3-4-11-12(8-10)19-9-18-11/h3-4,6-9H,1-2,5H2,(H,15,16)(H,17,20)(H,18,19). The molecule has 3 rings (SSSR count). The van der Waals surface area contributed by atoms with Gasteiger partial charge in [0.2, 0.25) is 0 Å². The van der Waals surface area contributed by atoms with E-state index >= 15 is 0 Å². The van der Waals surface area contributed by atoms with Gasteiger partial charge in [0, 0.05) is 30.9 Å². The molecule has 3 aromatic rings. The van der Waals surface area contributed by atoms with Crippen LogP contribution in [0.2, 0.25) is 0 Å². The molecule has 0 aliphatic heterocycles. The zero-order valence-electron chi connectivity index (χ0n) is 10.9. The highest BCUT2D eigenvalue weighted by molar-refractivity contribution is 5.97. The summed E-state index contributed by atoms with van der Waals surface area (Å²) in [5.41, 5.74) is 2.37. The van der Waals surface area contributed by atoms with E-state index in [0.717, 1.165) is 29.7 Å². The van der Waals surface area contributed by atoms with E-state index in [1.54, 1.807) is 24.8 Å². The first-order valence-electron chi connectivity index (χ1n) is 6.52. The Morgan fingerprint density at radius 3 is 3.05 bits per heavy atom. The van der Waals surface area contributed by atoms with Crippen LogP contribution in [0.1, 0.15) is 22.6 Å². The minimum absolute atomic E-state index is 0.0686. The number of hydrogen-bond donors (Lipinski definition) is 3. The van der Waals surface area contributed by atoms with Crippen molar-refractivity contribution in [3.05, 3.63) is 48.3 Å². The number of H-pyrrole nitrogens is 2. The van der Waals surface area contributed by atoms with Gasteiger partial charge in [-0.1, -0.05) is 0 Å². The summed E-state index contributed by atoms with van der Waals surface area (Å²) in [7, 11) is 0. The van der Waals surface area contributed by atoms with Gasteiger partial charge in [0.1, 0.15) is 5.82 Å². The molecule has 0 saturated carbocycles. The van der Waals surface area contributed by atoms with Gasteiger partial charge in [-0.15, -0.1) is 0 Å². The molecule has 6 nitrogen and oxygen atoms in total. The fourth-order valence-electron chi connectivity index (χ4n) is 2.07. The Morgan fingerprint density at radius 1 is 1.25 bits per heavy atom. The molecule has 1 amide bonds. The van der Waals surface area contributed by atoms with E-state index in [9.17, 15) is 4.79 Å². The van der Waals surface area contributed by atoms with Gasteiger partial charge in [-0.3, -0.25) is 4.79 Å². The molecule has 0 atom stereocenters. The molecule has 0 unspecified atom stereocenters. The Bertz CT molecular complexity index is 701. The SMILES string of the molecule is O=C(NCCCc1ncc[nH]1)c1ccc2nc[nH]c2c1. The van der Waals surface area contributed by atoms with Crippen LogP contribution in [-0.4, -0.2) is 32.4 Å². The second-order valence-corrected chi connectivity index (χ2v) is 4.53. The summed E-state index contributed by atoms with van der Waals surface area (Å²) in [6.07, 6.45) is 6.83. The van der Waals surface area contributed by atoms with Crippen LogP contribution in [-0.2, 0) is 6.42 Å². The third kappa shape index (κ3) is 2.69. The van der Waals surface area contributed by atoms with Gasteiger partial charge < -0.3 is 15.3 Å². The number of hydrogen-bond acceptors (Lipinski definition) is 3. The van der Waals surface area contributed by atoms with Gasteiger partial charge >= 0.3 is 0 Å². The predicted octanol–water partition coefficient (Wildman–Crippen LogP) is 1.65. The second kappa shape index (κ2) is 5.56. The number of carbonyl (C=O) groups excluding carboxylic acids is 1. The zero-order chi connectivity index (χ0) is 13.8. The molecule has 0 aliphatic rings. The average Bonchev–Trinajstić information content (AvgIpc) is 3.13. The van der Waals surface area contributed by atoms with Crippen LogP contribution in [0.5, 0.6) is 0 Å². The van der Waals surface area contributed by atoms with E-state index in [0.29, 0.717) is 12.1 Å². The Labute approximate surface area is 115 Å². The molecule has 1 aromatic carbocycles. The lowest BCUT2D eigenvalue weighted by Gasteiger charge is -2.04. The number of imidazole rings is 2. The largest absolute Gasteiger partial charge is 0.352 e. The Morgan fingerprint density at radius 2 is 2.20 bits per heavy atom. The first-order chi connectivity index (χ1) is 9.83. The van der Waals surface area contributed by atoms with Gasteiger partial charge in [-0.05, 0) is 24.6 Å². The van der Waals surface area contributed by atoms with E-state index in [2.05, 4.69) is 25.3 Å². The van der Waals surface area contributed by atoms with Crippen LogP contribution in [0.25, 0.3) is 11.0 Å². The summed E-state index contributed by atoms with van der Waals surface area (Å²) >= 11 is 0. The van der Waals surface area contributed by atoms with Gasteiger partial charge in [-0.2, -0.15) is 0 Å². The number of aromatic nitrogens is 4. The molecule has 3 N–H and O–H groups in total. The fraction of sp³-hybridized carbons (Fsp3) is 0.214. The molecule has 0 spiro atoms. The molecule has 0 saturated heterocycles. The minimum atomic E-state index is -0.0686. The highest BCUT2D eigenvalue weighted by atomic mass is 16.1. The molecule has 0 fully saturated rings. The van der Waals surface area contributed by atoms with Crippen molar-refractivity contribution in [1.82, 2.24) is 25.3 Å². The van der Waals surface area contributed by atoms with E-state index in [-0.39, 0.29) is 5.91 Å². The maximum atomic E-state index is 12.0. The van der Waals surface area contributed by atoms with Crippen molar-refractivity contribution < 1.29 is 4.79 Å². The number of nitrogens with one attached hydrogen (secondary N) is 3. The van der Waals surface area contributed by atoms with Crippen LogP contribution in [0.15, 0.2) is 36.9 Å². The van der Waals surface area contributed by atoms with Crippen molar-refractivity contribution >= 4 is 16.9 Å². The molecular weight excluding hydrogens is 254 g/mol. The first-order valence-corrected chi connectivity index (χ1v) is 6.52. The summed E-state index contributed by atoms with van der Waals surface area (Å²) in [5.74, 6) is 0.874. The number of amides is 1. The summed E-state index contributed by atoms with van der Waals surface area (Å²) < 4.78 is 0. The first kappa shape index (κ1) is 12.4. The maximum absolute atomic E-state index is 12.0. The van der Waals surface area contributed by atoms with Crippen molar-refractivity contribution in [2.24, 2.45) is 0 Å². The molecular formula is C14H15N5O. The molecule has 2 aromatic heterocycles. The van der Waals surface area contributed by atoms with Crippen LogP contribution in [0, 0.1) is 0 Å². The lowest BCUT2D eigenvalue weighted by Crippen LogP contribution is -2.24. The second-order valence-electron chi connectivity index (χ2n) is 4.53. The van der Waals surface area contributed by atoms with Crippen molar-refractivity contribution in [2.75, 3.05) is 6.54 Å². The monoisotopic (exact) mass is 269 g/mol. The predicted molar refractivity (Wildman–Crippen MR) is 75.3 cm³/mol. The number of carbonyl (C=O) groups is 1. The topological polar surface area (TPSA) is 86.5 Å². The lowest BCUT2D eigenvalue weighted by molar-refractivity contribution is 0.0953. The Balaban J connectivity index is 1.53. The molecule has 0 bridgehead atoms. The molecule has 0 aliphatic carbocycles. The summed E-state index contributed by atoms with van der Waals surface area (Å²) in [4.78, 5) is 26.3. The smallest absolute Gasteiger partial charge is 0.251 e. The van der Waals surface area contributed by atoms with Gasteiger partial charge in [-0.25, -0.2) is 9.97 Å². The van der Waals surface area contributed by atoms with E-state index < -0.39 is 0 Å². The van der Waals surface area contributed by atoms with Crippen molar-refractivity contribution in [2.45, 2.75) is 12.8 Å². The van der Waals surface area contributed by atoms with E-state index in [1.807, 2.05) is 12.1 Å². The summed E-state index contributed by atoms with van der Waals surface area (Å²) in [5, 5.41) is 2.90. The highest BCUT2D eigenvalue weighted by Crippen LogP contribution is 2.11. The molecule has 0 radical (unpaired) electrons. The summed E-state index contributed by atoms with van der Waals surface area (Å²) in [6.45, 7) is 0.626. The highest BCUT2D eigenvalue weighted by Gasteiger charge is 2.06. The van der Waals surface area contributed by atoms with Crippen LogP contribution >= 0.6 is 0 Å². The fourth-order valence-corrected chi connectivity index (χ4v) is 2.07. The quantitative estimate of drug-likeness (QED) is 0.615. The van der Waals surface area contributed by atoms with Crippen molar-refractivity contribution in [3.63, 3.8) is 0 Å². The molecule has 6 heteroatoms. The number of nitrogens with zero attached hydrogens (tertiary/aromatic N) is 2. The average molecular weight is 269 g/mol. The van der Waals surface area contributed by atoms with Crippen LogP contribution in [0.3, 0.4) is 0 Å². The molecule has 102 valence electrons. The van der Waals surface area contributed by atoms with Crippen molar-refractivity contribution in [1.29, 1.82) is 0 Å². The maximum Gasteiger partial charge on any atom is 0.251 e. The van der Waals surface area contributed by atoms with E-state index in [1.165, 1.54) is 0 Å². The number of fused-ring (bicyclic) bond motifs is 1. The molecule has 2 heterocycles. The third-order valence-corrected chi connectivity index (χ3v) is 3.11.